The molecule has 0 spiro atoms. The van der Waals surface area contributed by atoms with Gasteiger partial charge < -0.3 is 20.2 Å². The molecule has 1 rings (SSSR count). The molecule has 0 atom stereocenters. The van der Waals surface area contributed by atoms with Gasteiger partial charge in [-0.2, -0.15) is 0 Å². The van der Waals surface area contributed by atoms with Crippen molar-refractivity contribution in [1.29, 1.82) is 0 Å². The third kappa shape index (κ3) is 17.7. The molecule has 0 aromatic carbocycles. The first kappa shape index (κ1) is 13.3. The summed E-state index contributed by atoms with van der Waals surface area (Å²) in [5.74, 6) is 0.606. The van der Waals surface area contributed by atoms with Crippen molar-refractivity contribution in [2.75, 3.05) is 0 Å². The van der Waals surface area contributed by atoms with E-state index in [0.29, 0.717) is 5.92 Å². The minimum Gasteiger partial charge on any atom is -0.565 e. The second kappa shape index (κ2) is 7.84. The van der Waals surface area contributed by atoms with Crippen LogP contribution in [0.5, 0.6) is 0 Å². The average Bonchev–Trinajstić information content (AvgIpc) is 2.48. The number of hydrogen-bond donors (Lipinski definition) is 2. The number of carboxylic acid groups (broad SMARTS) is 2. The van der Waals surface area contributed by atoms with Gasteiger partial charge in [0.2, 0.25) is 6.16 Å². The van der Waals surface area contributed by atoms with Gasteiger partial charge in [0.15, 0.2) is 0 Å². The molecule has 1 fully saturated rings. The van der Waals surface area contributed by atoms with E-state index in [-0.39, 0.29) is 29.6 Å². The third-order valence-corrected chi connectivity index (χ3v) is 0.899. The summed E-state index contributed by atoms with van der Waals surface area (Å²) in [5.41, 5.74) is 0. The van der Waals surface area contributed by atoms with Gasteiger partial charge in [0, 0.05) is 6.21 Å². The zero-order valence-corrected chi connectivity index (χ0v) is 8.23. The summed E-state index contributed by atoms with van der Waals surface area (Å²) in [5, 5.41) is 26.0. The van der Waals surface area contributed by atoms with Gasteiger partial charge in [0.05, 0.1) is 0 Å². The molecular weight excluding hydrogens is 161 g/mol. The number of oxime groups is 1. The normalized spacial score (nSPS) is 14.5. The minimum atomic E-state index is -2.08. The average molecular weight is 169 g/mol. The van der Waals surface area contributed by atoms with Gasteiger partial charge in [0.25, 0.3) is 0 Å². The van der Waals surface area contributed by atoms with Crippen LogP contribution in [0.15, 0.2) is 5.16 Å². The molecule has 0 saturated heterocycles. The van der Waals surface area contributed by atoms with E-state index in [1.165, 1.54) is 12.8 Å². The predicted molar refractivity (Wildman–Crippen MR) is 31.0 cm³/mol. The van der Waals surface area contributed by atoms with E-state index >= 15 is 0 Å². The zero-order valence-electron chi connectivity index (χ0n) is 6.23. The Labute approximate surface area is 86.0 Å². The third-order valence-electron chi connectivity index (χ3n) is 0.899. The van der Waals surface area contributed by atoms with Gasteiger partial charge >= 0.3 is 29.6 Å². The summed E-state index contributed by atoms with van der Waals surface area (Å²) < 4.78 is 0. The van der Waals surface area contributed by atoms with Crippen molar-refractivity contribution in [3.05, 3.63) is 0 Å². The fraction of sp³-hybridized carbons (Fsp3) is 0.600. The van der Waals surface area contributed by atoms with Gasteiger partial charge in [0.1, 0.15) is 0 Å². The summed E-state index contributed by atoms with van der Waals surface area (Å²) in [6.45, 7) is 0. The number of carbonyl (C=O) groups is 1. The smallest absolute Gasteiger partial charge is 0.565 e. The second-order valence-corrected chi connectivity index (χ2v) is 1.87. The van der Waals surface area contributed by atoms with Crippen LogP contribution < -0.4 is 34.7 Å². The van der Waals surface area contributed by atoms with Gasteiger partial charge in [-0.05, 0) is 18.8 Å². The molecule has 0 unspecified atom stereocenters. The molecule has 1 aliphatic rings. The summed E-state index contributed by atoms with van der Waals surface area (Å²) in [4.78, 5) is 8.44. The van der Waals surface area contributed by atoms with Crippen molar-refractivity contribution in [2.45, 2.75) is 12.8 Å². The van der Waals surface area contributed by atoms with E-state index in [2.05, 4.69) is 5.16 Å². The molecule has 1 aliphatic carbocycles. The van der Waals surface area contributed by atoms with E-state index < -0.39 is 6.16 Å². The number of rotatable bonds is 1. The van der Waals surface area contributed by atoms with Crippen molar-refractivity contribution in [1.82, 2.24) is 0 Å². The molecule has 6 heteroatoms. The van der Waals surface area contributed by atoms with Crippen LogP contribution in [-0.2, 0) is 0 Å². The summed E-state index contributed by atoms with van der Waals surface area (Å²) in [7, 11) is 0. The molecule has 11 heavy (non-hydrogen) atoms. The SMILES string of the molecule is O=C([O-])O.ON=CC1CC1.[Na+]. The maximum Gasteiger partial charge on any atom is 1.00 e. The zero-order chi connectivity index (χ0) is 7.98. The monoisotopic (exact) mass is 169 g/mol. The van der Waals surface area contributed by atoms with E-state index in [4.69, 9.17) is 20.2 Å². The van der Waals surface area contributed by atoms with Crippen LogP contribution in [0.25, 0.3) is 0 Å². The molecule has 0 aromatic heterocycles. The quantitative estimate of drug-likeness (QED) is 0.186. The van der Waals surface area contributed by atoms with Crippen LogP contribution in [0.4, 0.5) is 4.79 Å². The maximum atomic E-state index is 8.44. The summed E-state index contributed by atoms with van der Waals surface area (Å²) in [6, 6.07) is 0. The van der Waals surface area contributed by atoms with Crippen molar-refractivity contribution < 1.29 is 49.8 Å². The standard InChI is InChI=1S/C4H7NO.CH2O3.Na/c6-5-3-4-1-2-4;2-1(3)4;/h3-4,6H,1-2H2;(H2,2,3,4);/q;;+1/p-1. The van der Waals surface area contributed by atoms with Crippen molar-refractivity contribution in [3.63, 3.8) is 0 Å². The van der Waals surface area contributed by atoms with Gasteiger partial charge in [-0.15, -0.1) is 5.16 Å². The molecule has 0 heterocycles. The Kier molecular flexibility index (Phi) is 9.51. The molecule has 0 aliphatic heterocycles. The predicted octanol–water partition coefficient (Wildman–Crippen LogP) is -3.25. The molecule has 0 bridgehead atoms. The number of hydrogen-bond acceptors (Lipinski definition) is 4. The summed E-state index contributed by atoms with van der Waals surface area (Å²) >= 11 is 0. The number of nitrogens with zero attached hydrogens (tertiary/aromatic N) is 1. The van der Waals surface area contributed by atoms with Crippen LogP contribution in [0.2, 0.25) is 0 Å². The first-order chi connectivity index (χ1) is 4.66. The molecule has 0 amide bonds. The second-order valence-electron chi connectivity index (χ2n) is 1.87. The Morgan fingerprint density at radius 3 is 2.09 bits per heavy atom. The Morgan fingerprint density at radius 1 is 1.64 bits per heavy atom. The van der Waals surface area contributed by atoms with Crippen molar-refractivity contribution in [2.24, 2.45) is 11.1 Å². The van der Waals surface area contributed by atoms with Crippen LogP contribution in [0.3, 0.4) is 0 Å². The van der Waals surface area contributed by atoms with E-state index in [0.717, 1.165) is 0 Å². The molecule has 0 radical (unpaired) electrons. The van der Waals surface area contributed by atoms with Crippen LogP contribution in [0, 0.1) is 5.92 Å². The van der Waals surface area contributed by atoms with Crippen molar-refractivity contribution >= 4 is 12.4 Å². The van der Waals surface area contributed by atoms with E-state index in [1.54, 1.807) is 6.21 Å². The Morgan fingerprint density at radius 2 is 2.00 bits per heavy atom. The largest absolute Gasteiger partial charge is 1.00 e. The maximum absolute atomic E-state index is 8.44. The fourth-order valence-electron chi connectivity index (χ4n) is 0.340. The fourth-order valence-corrected chi connectivity index (χ4v) is 0.340. The Balaban J connectivity index is 0. The van der Waals surface area contributed by atoms with Crippen LogP contribution in [-0.4, -0.2) is 22.7 Å². The molecule has 58 valence electrons. The van der Waals surface area contributed by atoms with E-state index in [1.807, 2.05) is 0 Å². The van der Waals surface area contributed by atoms with Crippen LogP contribution in [0.1, 0.15) is 12.8 Å². The molecular formula is C5H8NNaO4. The van der Waals surface area contributed by atoms with Gasteiger partial charge in [-0.1, -0.05) is 0 Å². The Hall–Kier alpha value is -0.260. The first-order valence-electron chi connectivity index (χ1n) is 2.74. The van der Waals surface area contributed by atoms with Gasteiger partial charge in [-0.25, -0.2) is 0 Å². The molecule has 0 aromatic rings. The first-order valence-corrected chi connectivity index (χ1v) is 2.74. The minimum absolute atomic E-state index is 0. The Bertz CT molecular complexity index is 130. The molecule has 5 nitrogen and oxygen atoms in total. The van der Waals surface area contributed by atoms with Crippen LogP contribution >= 0.6 is 0 Å². The summed E-state index contributed by atoms with van der Waals surface area (Å²) in [6.07, 6.45) is 1.92. The molecule has 2 N–H and O–H groups in total. The topological polar surface area (TPSA) is 93.0 Å². The van der Waals surface area contributed by atoms with Crippen molar-refractivity contribution in [3.8, 4) is 0 Å². The van der Waals surface area contributed by atoms with Gasteiger partial charge in [-0.3, -0.25) is 0 Å². The molecule has 1 saturated carbocycles. The van der Waals surface area contributed by atoms with E-state index in [9.17, 15) is 0 Å².